The summed E-state index contributed by atoms with van der Waals surface area (Å²) in [6.45, 7) is 0.798. The molecule has 2 fully saturated rings. The van der Waals surface area contributed by atoms with Gasteiger partial charge in [0.2, 0.25) is 11.8 Å². The molecule has 3 rings (SSSR count). The molecule has 112 valence electrons. The molecule has 0 spiro atoms. The predicted molar refractivity (Wildman–Crippen MR) is 83.2 cm³/mol. The van der Waals surface area contributed by atoms with Gasteiger partial charge >= 0.3 is 0 Å². The molecule has 1 saturated carbocycles. The minimum absolute atomic E-state index is 0.134. The van der Waals surface area contributed by atoms with E-state index in [1.165, 1.54) is 0 Å². The molecule has 1 aromatic rings. The van der Waals surface area contributed by atoms with Gasteiger partial charge in [-0.15, -0.1) is 0 Å². The van der Waals surface area contributed by atoms with E-state index in [1.54, 1.807) is 0 Å². The van der Waals surface area contributed by atoms with E-state index < -0.39 is 0 Å². The summed E-state index contributed by atoms with van der Waals surface area (Å²) in [5.41, 5.74) is 1.75. The highest BCUT2D eigenvalue weighted by atomic mass is 16.2. The number of hydrogen-bond acceptors (Lipinski definition) is 2. The van der Waals surface area contributed by atoms with Crippen LogP contribution in [0.15, 0.2) is 24.3 Å². The van der Waals surface area contributed by atoms with Gasteiger partial charge in [-0.1, -0.05) is 12.8 Å². The molecular formula is C17H22N2O2. The first-order valence-corrected chi connectivity index (χ1v) is 7.95. The molecule has 4 nitrogen and oxygen atoms in total. The summed E-state index contributed by atoms with van der Waals surface area (Å²) < 4.78 is 0. The monoisotopic (exact) mass is 286 g/mol. The van der Waals surface area contributed by atoms with Gasteiger partial charge in [-0.05, 0) is 49.9 Å². The van der Waals surface area contributed by atoms with Crippen LogP contribution < -0.4 is 10.2 Å². The van der Waals surface area contributed by atoms with Crippen molar-refractivity contribution in [3.05, 3.63) is 24.3 Å². The SMILES string of the molecule is O=C(Nc1ccc(N2CCCCC2=O)cc1)C1CCCC1. The Morgan fingerprint density at radius 1 is 1.05 bits per heavy atom. The average molecular weight is 286 g/mol. The summed E-state index contributed by atoms with van der Waals surface area (Å²) in [6.07, 6.45) is 7.03. The smallest absolute Gasteiger partial charge is 0.227 e. The lowest BCUT2D eigenvalue weighted by atomic mass is 10.1. The number of benzene rings is 1. The summed E-state index contributed by atoms with van der Waals surface area (Å²) in [5, 5.41) is 2.98. The van der Waals surface area contributed by atoms with Crippen molar-refractivity contribution in [3.63, 3.8) is 0 Å². The molecular weight excluding hydrogens is 264 g/mol. The van der Waals surface area contributed by atoms with Gasteiger partial charge < -0.3 is 10.2 Å². The van der Waals surface area contributed by atoms with Gasteiger partial charge in [-0.3, -0.25) is 9.59 Å². The molecule has 0 bridgehead atoms. The lowest BCUT2D eigenvalue weighted by Gasteiger charge is -2.26. The standard InChI is InChI=1S/C17H22N2O2/c20-16-7-3-4-12-19(16)15-10-8-14(9-11-15)18-17(21)13-5-1-2-6-13/h8-11,13H,1-7,12H2,(H,18,21). The Kier molecular flexibility index (Phi) is 4.23. The van der Waals surface area contributed by atoms with Crippen molar-refractivity contribution >= 4 is 23.2 Å². The normalized spacial score (nSPS) is 19.8. The molecule has 1 N–H and O–H groups in total. The quantitative estimate of drug-likeness (QED) is 0.926. The molecule has 2 amide bonds. The van der Waals surface area contributed by atoms with E-state index in [1.807, 2.05) is 29.2 Å². The van der Waals surface area contributed by atoms with Gasteiger partial charge in [0.05, 0.1) is 0 Å². The number of anilines is 2. The Morgan fingerprint density at radius 2 is 1.76 bits per heavy atom. The zero-order valence-electron chi connectivity index (χ0n) is 12.3. The van der Waals surface area contributed by atoms with Gasteiger partial charge in [0.1, 0.15) is 0 Å². The first-order valence-electron chi connectivity index (χ1n) is 7.95. The average Bonchev–Trinajstić information content (AvgIpc) is 3.03. The second-order valence-electron chi connectivity index (χ2n) is 6.02. The number of piperidine rings is 1. The first-order chi connectivity index (χ1) is 10.2. The molecule has 1 aromatic carbocycles. The Hall–Kier alpha value is -1.84. The number of carbonyl (C=O) groups is 2. The van der Waals surface area contributed by atoms with Crippen molar-refractivity contribution in [1.29, 1.82) is 0 Å². The molecule has 1 heterocycles. The van der Waals surface area contributed by atoms with Gasteiger partial charge in [-0.2, -0.15) is 0 Å². The number of nitrogens with zero attached hydrogens (tertiary/aromatic N) is 1. The molecule has 1 aliphatic carbocycles. The summed E-state index contributed by atoms with van der Waals surface area (Å²) in [5.74, 6) is 0.506. The molecule has 21 heavy (non-hydrogen) atoms. The van der Waals surface area contributed by atoms with E-state index in [0.717, 1.165) is 56.4 Å². The van der Waals surface area contributed by atoms with Crippen molar-refractivity contribution in [2.24, 2.45) is 5.92 Å². The van der Waals surface area contributed by atoms with Crippen LogP contribution in [0.1, 0.15) is 44.9 Å². The number of rotatable bonds is 3. The van der Waals surface area contributed by atoms with Crippen LogP contribution in [-0.4, -0.2) is 18.4 Å². The first kappa shape index (κ1) is 14.1. The zero-order chi connectivity index (χ0) is 14.7. The van der Waals surface area contributed by atoms with Crippen LogP contribution in [0, 0.1) is 5.92 Å². The molecule has 1 saturated heterocycles. The summed E-state index contributed by atoms with van der Waals surface area (Å²) in [6, 6.07) is 7.63. The molecule has 1 aliphatic heterocycles. The third kappa shape index (κ3) is 3.26. The lowest BCUT2D eigenvalue weighted by Crippen LogP contribution is -2.35. The molecule has 2 aliphatic rings. The van der Waals surface area contributed by atoms with Crippen molar-refractivity contribution in [2.75, 3.05) is 16.8 Å². The van der Waals surface area contributed by atoms with Crippen molar-refractivity contribution in [3.8, 4) is 0 Å². The maximum atomic E-state index is 12.1. The van der Waals surface area contributed by atoms with Crippen molar-refractivity contribution in [2.45, 2.75) is 44.9 Å². The highest BCUT2D eigenvalue weighted by Crippen LogP contribution is 2.27. The fourth-order valence-electron chi connectivity index (χ4n) is 3.24. The number of amides is 2. The number of carbonyl (C=O) groups excluding carboxylic acids is 2. The third-order valence-corrected chi connectivity index (χ3v) is 4.50. The van der Waals surface area contributed by atoms with E-state index in [9.17, 15) is 9.59 Å². The fourth-order valence-corrected chi connectivity index (χ4v) is 3.24. The van der Waals surface area contributed by atoms with E-state index in [-0.39, 0.29) is 17.7 Å². The highest BCUT2D eigenvalue weighted by molar-refractivity contribution is 5.95. The Bertz CT molecular complexity index is 518. The molecule has 0 atom stereocenters. The summed E-state index contributed by atoms with van der Waals surface area (Å²) in [7, 11) is 0. The maximum absolute atomic E-state index is 12.1. The van der Waals surface area contributed by atoms with E-state index in [0.29, 0.717) is 6.42 Å². The van der Waals surface area contributed by atoms with Gasteiger partial charge in [0, 0.05) is 30.3 Å². The fraction of sp³-hybridized carbons (Fsp3) is 0.529. The van der Waals surface area contributed by atoms with Gasteiger partial charge in [0.25, 0.3) is 0 Å². The van der Waals surface area contributed by atoms with E-state index >= 15 is 0 Å². The minimum Gasteiger partial charge on any atom is -0.326 e. The van der Waals surface area contributed by atoms with Crippen molar-refractivity contribution < 1.29 is 9.59 Å². The summed E-state index contributed by atoms with van der Waals surface area (Å²) >= 11 is 0. The van der Waals surface area contributed by atoms with Crippen LogP contribution in [0.3, 0.4) is 0 Å². The van der Waals surface area contributed by atoms with Crippen molar-refractivity contribution in [1.82, 2.24) is 0 Å². The van der Waals surface area contributed by atoms with E-state index in [4.69, 9.17) is 0 Å². The number of nitrogens with one attached hydrogen (secondary N) is 1. The second-order valence-corrected chi connectivity index (χ2v) is 6.02. The maximum Gasteiger partial charge on any atom is 0.227 e. The molecule has 4 heteroatoms. The number of hydrogen-bond donors (Lipinski definition) is 1. The minimum atomic E-state index is 0.134. The Labute approximate surface area is 125 Å². The van der Waals surface area contributed by atoms with Crippen LogP contribution in [0.5, 0.6) is 0 Å². The van der Waals surface area contributed by atoms with Crippen LogP contribution >= 0.6 is 0 Å². The van der Waals surface area contributed by atoms with Gasteiger partial charge in [-0.25, -0.2) is 0 Å². The molecule has 0 radical (unpaired) electrons. The van der Waals surface area contributed by atoms with Gasteiger partial charge in [0.15, 0.2) is 0 Å². The molecule has 0 aromatic heterocycles. The Balaban J connectivity index is 1.63. The largest absolute Gasteiger partial charge is 0.326 e. The highest BCUT2D eigenvalue weighted by Gasteiger charge is 2.23. The third-order valence-electron chi connectivity index (χ3n) is 4.50. The van der Waals surface area contributed by atoms with Crippen LogP contribution in [0.2, 0.25) is 0 Å². The van der Waals surface area contributed by atoms with Crippen LogP contribution in [-0.2, 0) is 9.59 Å². The molecule has 0 unspecified atom stereocenters. The van der Waals surface area contributed by atoms with Crippen LogP contribution in [0.4, 0.5) is 11.4 Å². The lowest BCUT2D eigenvalue weighted by molar-refractivity contribution is -0.120. The predicted octanol–water partition coefficient (Wildman–Crippen LogP) is 3.33. The second kappa shape index (κ2) is 6.29. The topological polar surface area (TPSA) is 49.4 Å². The van der Waals surface area contributed by atoms with E-state index in [2.05, 4.69) is 5.32 Å². The zero-order valence-corrected chi connectivity index (χ0v) is 12.3. The summed E-state index contributed by atoms with van der Waals surface area (Å²) in [4.78, 5) is 25.8. The Morgan fingerprint density at radius 3 is 2.43 bits per heavy atom. The van der Waals surface area contributed by atoms with Crippen LogP contribution in [0.25, 0.3) is 0 Å².